The van der Waals surface area contributed by atoms with Crippen molar-refractivity contribution in [1.82, 2.24) is 9.78 Å². The molecule has 1 aromatic heterocycles. The minimum Gasteiger partial charge on any atom is -0.488 e. The summed E-state index contributed by atoms with van der Waals surface area (Å²) in [4.78, 5) is 12.9. The molecule has 0 bridgehead atoms. The second-order valence-electron chi connectivity index (χ2n) is 8.43. The van der Waals surface area contributed by atoms with Crippen molar-refractivity contribution in [2.75, 3.05) is 30.9 Å². The average Bonchev–Trinajstić information content (AvgIpc) is 3.26. The number of methoxy groups -OCH3 is 1. The van der Waals surface area contributed by atoms with Crippen LogP contribution in [-0.2, 0) is 11.8 Å². The number of aryl methyl sites for hydroxylation is 2. The van der Waals surface area contributed by atoms with Gasteiger partial charge >= 0.3 is 0 Å². The molecule has 0 saturated heterocycles. The Morgan fingerprint density at radius 1 is 1.17 bits per heavy atom. The van der Waals surface area contributed by atoms with E-state index in [0.29, 0.717) is 35.7 Å². The average molecular weight is 486 g/mol. The zero-order valence-corrected chi connectivity index (χ0v) is 21.1. The number of amides is 1. The fourth-order valence-electron chi connectivity index (χ4n) is 3.47. The van der Waals surface area contributed by atoms with Gasteiger partial charge in [0.15, 0.2) is 5.82 Å². The molecule has 0 spiro atoms. The van der Waals surface area contributed by atoms with E-state index in [1.165, 1.54) is 0 Å². The number of nitrogens with one attached hydrogen (secondary N) is 2. The number of unbranched alkanes of at least 4 members (excludes halogenated alkanes) is 1. The van der Waals surface area contributed by atoms with Gasteiger partial charge in [-0.05, 0) is 56.2 Å². The van der Waals surface area contributed by atoms with Gasteiger partial charge in [-0.15, -0.1) is 0 Å². The first-order chi connectivity index (χ1) is 17.4. The Labute approximate surface area is 212 Å². The number of carbonyl (C=O) groups excluding carboxylic acids is 1. The third-order valence-corrected chi connectivity index (χ3v) is 5.23. The van der Waals surface area contributed by atoms with Gasteiger partial charge in [0.25, 0.3) is 5.91 Å². The third-order valence-electron chi connectivity index (χ3n) is 5.23. The molecule has 0 unspecified atom stereocenters. The van der Waals surface area contributed by atoms with Crippen LogP contribution in [0.5, 0.6) is 5.75 Å². The van der Waals surface area contributed by atoms with Gasteiger partial charge in [-0.1, -0.05) is 17.9 Å². The van der Waals surface area contributed by atoms with Crippen LogP contribution in [-0.4, -0.2) is 42.1 Å². The molecular formula is C28H31N5O3. The van der Waals surface area contributed by atoms with E-state index in [0.717, 1.165) is 29.8 Å². The predicted molar refractivity (Wildman–Crippen MR) is 140 cm³/mol. The number of aromatic nitrogens is 2. The molecule has 2 aromatic carbocycles. The van der Waals surface area contributed by atoms with Crippen molar-refractivity contribution in [3.8, 4) is 23.7 Å². The highest BCUT2D eigenvalue weighted by molar-refractivity contribution is 6.04. The van der Waals surface area contributed by atoms with Crippen LogP contribution in [0.15, 0.2) is 48.7 Å². The van der Waals surface area contributed by atoms with E-state index in [-0.39, 0.29) is 12.0 Å². The number of hydrogen-bond acceptors (Lipinski definition) is 6. The molecule has 0 aliphatic heterocycles. The lowest BCUT2D eigenvalue weighted by Gasteiger charge is -2.15. The highest BCUT2D eigenvalue weighted by Gasteiger charge is 2.13. The minimum atomic E-state index is -0.305. The van der Waals surface area contributed by atoms with Gasteiger partial charge in [-0.3, -0.25) is 9.48 Å². The van der Waals surface area contributed by atoms with E-state index in [1.54, 1.807) is 43.2 Å². The second-order valence-corrected chi connectivity index (χ2v) is 8.43. The standard InChI is InChI=1S/C28H31N5O3/c1-20-7-8-22(17-26(20)30-13-6-5-12-29)9-10-23-15-24(18-25(16-23)36-21(2)19-35-4)28(34)31-27-11-14-33(3)32-27/h7-8,11,14-18,21,30H,5-6,13,19H2,1-4H3,(H,31,32,34)/t21-/m0/s1. The largest absolute Gasteiger partial charge is 0.488 e. The topological polar surface area (TPSA) is 101 Å². The molecule has 186 valence electrons. The molecule has 0 fully saturated rings. The number of carbonyl (C=O) groups is 1. The van der Waals surface area contributed by atoms with Crippen molar-refractivity contribution in [2.45, 2.75) is 32.8 Å². The highest BCUT2D eigenvalue weighted by Crippen LogP contribution is 2.21. The van der Waals surface area contributed by atoms with E-state index in [2.05, 4.69) is 33.6 Å². The zero-order chi connectivity index (χ0) is 25.9. The lowest BCUT2D eigenvalue weighted by atomic mass is 10.1. The van der Waals surface area contributed by atoms with Crippen LogP contribution in [0.3, 0.4) is 0 Å². The summed E-state index contributed by atoms with van der Waals surface area (Å²) < 4.78 is 12.8. The van der Waals surface area contributed by atoms with Crippen molar-refractivity contribution in [3.05, 3.63) is 70.9 Å². The van der Waals surface area contributed by atoms with Crippen LogP contribution in [0.2, 0.25) is 0 Å². The fraction of sp³-hybridized carbons (Fsp3) is 0.321. The van der Waals surface area contributed by atoms with E-state index in [1.807, 2.05) is 38.1 Å². The van der Waals surface area contributed by atoms with E-state index in [9.17, 15) is 4.79 Å². The van der Waals surface area contributed by atoms with Crippen molar-refractivity contribution in [2.24, 2.45) is 7.05 Å². The molecule has 1 amide bonds. The fourth-order valence-corrected chi connectivity index (χ4v) is 3.47. The Morgan fingerprint density at radius 2 is 1.97 bits per heavy atom. The highest BCUT2D eigenvalue weighted by atomic mass is 16.5. The van der Waals surface area contributed by atoms with E-state index >= 15 is 0 Å². The second kappa shape index (κ2) is 13.0. The number of benzene rings is 2. The molecule has 8 nitrogen and oxygen atoms in total. The number of anilines is 2. The van der Waals surface area contributed by atoms with E-state index in [4.69, 9.17) is 14.7 Å². The van der Waals surface area contributed by atoms with Gasteiger partial charge < -0.3 is 20.1 Å². The Kier molecular flexibility index (Phi) is 9.50. The molecular weight excluding hydrogens is 454 g/mol. The van der Waals surface area contributed by atoms with Crippen molar-refractivity contribution in [1.29, 1.82) is 5.26 Å². The molecule has 0 aliphatic rings. The zero-order valence-electron chi connectivity index (χ0n) is 21.1. The molecule has 2 N–H and O–H groups in total. The number of nitriles is 1. The van der Waals surface area contributed by atoms with Gasteiger partial charge in [-0.25, -0.2) is 0 Å². The maximum absolute atomic E-state index is 12.9. The number of rotatable bonds is 10. The van der Waals surface area contributed by atoms with Gasteiger partial charge in [0.1, 0.15) is 11.9 Å². The summed E-state index contributed by atoms with van der Waals surface area (Å²) in [6.45, 7) is 5.06. The minimum absolute atomic E-state index is 0.198. The lowest BCUT2D eigenvalue weighted by Crippen LogP contribution is -2.19. The van der Waals surface area contributed by atoms with Gasteiger partial charge in [-0.2, -0.15) is 10.4 Å². The van der Waals surface area contributed by atoms with Crippen molar-refractivity contribution < 1.29 is 14.3 Å². The van der Waals surface area contributed by atoms with Gasteiger partial charge in [0, 0.05) is 61.8 Å². The Morgan fingerprint density at radius 3 is 2.69 bits per heavy atom. The Balaban J connectivity index is 1.86. The molecule has 0 radical (unpaired) electrons. The molecule has 3 rings (SSSR count). The summed E-state index contributed by atoms with van der Waals surface area (Å²) in [6.07, 6.45) is 2.86. The van der Waals surface area contributed by atoms with Crippen molar-refractivity contribution >= 4 is 17.4 Å². The molecule has 36 heavy (non-hydrogen) atoms. The molecule has 0 aliphatic carbocycles. The van der Waals surface area contributed by atoms with Gasteiger partial charge in [0.2, 0.25) is 0 Å². The normalized spacial score (nSPS) is 11.1. The first-order valence-electron chi connectivity index (χ1n) is 11.7. The van der Waals surface area contributed by atoms with Crippen LogP contribution in [0, 0.1) is 30.1 Å². The van der Waals surface area contributed by atoms with Crippen LogP contribution < -0.4 is 15.4 Å². The quantitative estimate of drug-likeness (QED) is 0.324. The SMILES string of the molecule is COC[C@H](C)Oc1cc(C#Cc2ccc(C)c(NCCCC#N)c2)cc(C(=O)Nc2ccn(C)n2)c1. The summed E-state index contributed by atoms with van der Waals surface area (Å²) in [5.41, 5.74) is 3.99. The summed E-state index contributed by atoms with van der Waals surface area (Å²) in [7, 11) is 3.40. The number of hydrogen-bond donors (Lipinski definition) is 2. The van der Waals surface area contributed by atoms with Gasteiger partial charge in [0.05, 0.1) is 12.7 Å². The third kappa shape index (κ3) is 7.90. The van der Waals surface area contributed by atoms with E-state index < -0.39 is 0 Å². The Hall–Kier alpha value is -4.27. The monoisotopic (exact) mass is 485 g/mol. The molecule has 8 heteroatoms. The number of nitrogens with zero attached hydrogens (tertiary/aromatic N) is 3. The number of ether oxygens (including phenoxy) is 2. The smallest absolute Gasteiger partial charge is 0.257 e. The van der Waals surface area contributed by atoms with Crippen LogP contribution in [0.25, 0.3) is 0 Å². The molecule has 3 aromatic rings. The Bertz CT molecular complexity index is 1300. The van der Waals surface area contributed by atoms with Crippen LogP contribution in [0.1, 0.15) is 46.8 Å². The predicted octanol–water partition coefficient (Wildman–Crippen LogP) is 4.51. The summed E-state index contributed by atoms with van der Waals surface area (Å²) in [5.74, 6) is 7.03. The summed E-state index contributed by atoms with van der Waals surface area (Å²) in [6, 6.07) is 15.1. The summed E-state index contributed by atoms with van der Waals surface area (Å²) >= 11 is 0. The first kappa shape index (κ1) is 26.3. The van der Waals surface area contributed by atoms with Crippen molar-refractivity contribution in [3.63, 3.8) is 0 Å². The molecule has 1 atom stereocenters. The van der Waals surface area contributed by atoms with Crippen LogP contribution in [0.4, 0.5) is 11.5 Å². The maximum Gasteiger partial charge on any atom is 0.257 e. The maximum atomic E-state index is 12.9. The molecule has 0 saturated carbocycles. The van der Waals surface area contributed by atoms with Crippen LogP contribution >= 0.6 is 0 Å². The lowest BCUT2D eigenvalue weighted by molar-refractivity contribution is 0.0917. The summed E-state index contributed by atoms with van der Waals surface area (Å²) in [5, 5.41) is 19.1. The first-order valence-corrected chi connectivity index (χ1v) is 11.7. The molecule has 1 heterocycles.